The molecule has 0 fully saturated rings. The third-order valence-corrected chi connectivity index (χ3v) is 4.60. The molecule has 0 aliphatic rings. The van der Waals surface area contributed by atoms with Crippen molar-refractivity contribution in [3.8, 4) is 12.1 Å². The van der Waals surface area contributed by atoms with Gasteiger partial charge in [0.15, 0.2) is 6.10 Å². The Labute approximate surface area is 179 Å². The Morgan fingerprint density at radius 1 is 1.19 bits per heavy atom. The molecule has 1 aromatic heterocycles. The van der Waals surface area contributed by atoms with E-state index in [1.54, 1.807) is 24.3 Å². The molecule has 1 heterocycles. The van der Waals surface area contributed by atoms with E-state index >= 15 is 0 Å². The Hall–Kier alpha value is -4.36. The summed E-state index contributed by atoms with van der Waals surface area (Å²) in [5.74, 6) is -1.15. The van der Waals surface area contributed by atoms with Crippen LogP contribution in [0.15, 0.2) is 60.8 Å². The summed E-state index contributed by atoms with van der Waals surface area (Å²) in [6.07, 6.45) is 4.16. The second-order valence-electron chi connectivity index (χ2n) is 6.80. The number of anilines is 1. The van der Waals surface area contributed by atoms with E-state index in [9.17, 15) is 9.59 Å². The van der Waals surface area contributed by atoms with Gasteiger partial charge in [-0.2, -0.15) is 10.5 Å². The molecule has 0 unspecified atom stereocenters. The zero-order valence-electron chi connectivity index (χ0n) is 16.9. The van der Waals surface area contributed by atoms with Crippen molar-refractivity contribution >= 4 is 34.5 Å². The number of hydrogen-bond donors (Lipinski definition) is 1. The van der Waals surface area contributed by atoms with Gasteiger partial charge in [0.2, 0.25) is 0 Å². The summed E-state index contributed by atoms with van der Waals surface area (Å²) < 4.78 is 7.16. The van der Waals surface area contributed by atoms with Crippen LogP contribution in [0.25, 0.3) is 17.0 Å². The molecular formula is C24H20N4O3. The number of rotatable bonds is 7. The quantitative estimate of drug-likeness (QED) is 0.466. The smallest absolute Gasteiger partial charge is 0.331 e. The van der Waals surface area contributed by atoms with Crippen molar-refractivity contribution < 1.29 is 14.3 Å². The maximum atomic E-state index is 12.3. The molecule has 0 saturated heterocycles. The molecule has 1 N–H and O–H groups in total. The fourth-order valence-corrected chi connectivity index (χ4v) is 3.10. The van der Waals surface area contributed by atoms with Crippen LogP contribution in [0.3, 0.4) is 0 Å². The van der Waals surface area contributed by atoms with Gasteiger partial charge < -0.3 is 14.6 Å². The summed E-state index contributed by atoms with van der Waals surface area (Å²) in [5, 5.41) is 21.4. The summed E-state index contributed by atoms with van der Waals surface area (Å²) in [7, 11) is 0. The van der Waals surface area contributed by atoms with Crippen molar-refractivity contribution in [2.24, 2.45) is 0 Å². The molecule has 0 bridgehead atoms. The molecule has 0 aliphatic carbocycles. The van der Waals surface area contributed by atoms with E-state index in [-0.39, 0.29) is 0 Å². The van der Waals surface area contributed by atoms with Crippen LogP contribution >= 0.6 is 0 Å². The highest BCUT2D eigenvalue weighted by molar-refractivity contribution is 5.98. The van der Waals surface area contributed by atoms with Crippen LogP contribution in [0, 0.1) is 22.7 Å². The van der Waals surface area contributed by atoms with Gasteiger partial charge in [0.1, 0.15) is 0 Å². The van der Waals surface area contributed by atoms with Gasteiger partial charge >= 0.3 is 5.97 Å². The molecular weight excluding hydrogens is 392 g/mol. The van der Waals surface area contributed by atoms with Crippen LogP contribution in [-0.2, 0) is 20.9 Å². The number of fused-ring (bicyclic) bond motifs is 1. The Morgan fingerprint density at radius 3 is 2.77 bits per heavy atom. The summed E-state index contributed by atoms with van der Waals surface area (Å²) in [5.41, 5.74) is 2.65. The molecule has 2 aromatic carbocycles. The van der Waals surface area contributed by atoms with E-state index in [2.05, 4.69) is 11.4 Å². The van der Waals surface area contributed by atoms with E-state index in [4.69, 9.17) is 15.3 Å². The standard InChI is InChI=1S/C24H20N4O3/c1-17(24(30)27-20-7-4-6-18(14-20)15-26)31-23(29)11-10-19-16-28(13-5-12-25)22-9-3-2-8-21(19)22/h2-4,6-11,14,16-17H,5,13H2,1H3,(H,27,30)/b11-10+/t17-/m0/s1. The lowest BCUT2D eigenvalue weighted by Gasteiger charge is -2.12. The number of esters is 1. The number of amides is 1. The first-order valence-corrected chi connectivity index (χ1v) is 9.66. The topological polar surface area (TPSA) is 108 Å². The minimum Gasteiger partial charge on any atom is -0.449 e. The Balaban J connectivity index is 1.65. The number of aryl methyl sites for hydroxylation is 1. The van der Waals surface area contributed by atoms with Crippen LogP contribution in [0.1, 0.15) is 24.5 Å². The molecule has 0 saturated carbocycles. The van der Waals surface area contributed by atoms with E-state index in [0.29, 0.717) is 24.2 Å². The van der Waals surface area contributed by atoms with Crippen molar-refractivity contribution in [1.82, 2.24) is 4.57 Å². The molecule has 3 aromatic rings. The summed E-state index contributed by atoms with van der Waals surface area (Å²) in [4.78, 5) is 24.5. The van der Waals surface area contributed by atoms with Gasteiger partial charge in [-0.25, -0.2) is 4.79 Å². The molecule has 1 atom stereocenters. The van der Waals surface area contributed by atoms with Crippen LogP contribution in [-0.4, -0.2) is 22.5 Å². The number of ether oxygens (including phenoxy) is 1. The fraction of sp³-hybridized carbons (Fsp3) is 0.167. The first-order valence-electron chi connectivity index (χ1n) is 9.66. The number of nitriles is 2. The normalized spacial score (nSPS) is 11.6. The van der Waals surface area contributed by atoms with Gasteiger partial charge in [-0.1, -0.05) is 24.3 Å². The number of nitrogens with zero attached hydrogens (tertiary/aromatic N) is 3. The fourth-order valence-electron chi connectivity index (χ4n) is 3.10. The second kappa shape index (κ2) is 9.91. The molecule has 0 spiro atoms. The van der Waals surface area contributed by atoms with Crippen molar-refractivity contribution in [2.45, 2.75) is 26.0 Å². The van der Waals surface area contributed by atoms with Crippen molar-refractivity contribution in [3.63, 3.8) is 0 Å². The van der Waals surface area contributed by atoms with Crippen LogP contribution < -0.4 is 5.32 Å². The zero-order chi connectivity index (χ0) is 22.2. The van der Waals surface area contributed by atoms with Crippen LogP contribution in [0.4, 0.5) is 5.69 Å². The lowest BCUT2D eigenvalue weighted by Crippen LogP contribution is -2.29. The molecule has 3 rings (SSSR count). The molecule has 0 aliphatic heterocycles. The van der Waals surface area contributed by atoms with Gasteiger partial charge in [0.25, 0.3) is 5.91 Å². The first-order chi connectivity index (χ1) is 15.0. The van der Waals surface area contributed by atoms with Crippen LogP contribution in [0.5, 0.6) is 0 Å². The lowest BCUT2D eigenvalue weighted by atomic mass is 10.1. The third-order valence-electron chi connectivity index (χ3n) is 4.60. The molecule has 1 amide bonds. The number of carbonyl (C=O) groups is 2. The highest BCUT2D eigenvalue weighted by Gasteiger charge is 2.17. The van der Waals surface area contributed by atoms with Gasteiger partial charge in [0, 0.05) is 41.0 Å². The monoisotopic (exact) mass is 412 g/mol. The highest BCUT2D eigenvalue weighted by Crippen LogP contribution is 2.23. The second-order valence-corrected chi connectivity index (χ2v) is 6.80. The minimum atomic E-state index is -1.01. The zero-order valence-corrected chi connectivity index (χ0v) is 16.9. The molecule has 7 heteroatoms. The summed E-state index contributed by atoms with van der Waals surface area (Å²) in [6.45, 7) is 2.03. The highest BCUT2D eigenvalue weighted by atomic mass is 16.5. The summed E-state index contributed by atoms with van der Waals surface area (Å²) >= 11 is 0. The maximum Gasteiger partial charge on any atom is 0.331 e. The predicted molar refractivity (Wildman–Crippen MR) is 117 cm³/mol. The number of para-hydroxylation sites is 1. The van der Waals surface area contributed by atoms with Gasteiger partial charge in [-0.05, 0) is 37.3 Å². The van der Waals surface area contributed by atoms with Crippen LogP contribution in [0.2, 0.25) is 0 Å². The van der Waals surface area contributed by atoms with Gasteiger partial charge in [0.05, 0.1) is 24.1 Å². The predicted octanol–water partition coefficient (Wildman–Crippen LogP) is 4.01. The van der Waals surface area contributed by atoms with Gasteiger partial charge in [-0.15, -0.1) is 0 Å². The first kappa shape index (κ1) is 21.4. The molecule has 7 nitrogen and oxygen atoms in total. The Kier molecular flexibility index (Phi) is 6.82. The van der Waals surface area contributed by atoms with E-state index < -0.39 is 18.0 Å². The minimum absolute atomic E-state index is 0.383. The van der Waals surface area contributed by atoms with Crippen molar-refractivity contribution in [2.75, 3.05) is 5.32 Å². The van der Waals surface area contributed by atoms with E-state index in [0.717, 1.165) is 16.5 Å². The largest absolute Gasteiger partial charge is 0.449 e. The maximum absolute atomic E-state index is 12.3. The Bertz CT molecular complexity index is 1230. The summed E-state index contributed by atoms with van der Waals surface area (Å²) in [6, 6.07) is 18.3. The molecule has 0 radical (unpaired) electrons. The number of aromatic nitrogens is 1. The number of carbonyl (C=O) groups excluding carboxylic acids is 2. The third kappa shape index (κ3) is 5.37. The molecule has 154 valence electrons. The SMILES string of the molecule is C[C@H](OC(=O)/C=C/c1cn(CCC#N)c2ccccc12)C(=O)Nc1cccc(C#N)c1. The molecule has 31 heavy (non-hydrogen) atoms. The van der Waals surface area contributed by atoms with E-state index in [1.165, 1.54) is 19.1 Å². The van der Waals surface area contributed by atoms with Gasteiger partial charge in [-0.3, -0.25) is 4.79 Å². The lowest BCUT2D eigenvalue weighted by molar-refractivity contribution is -0.148. The van der Waals surface area contributed by atoms with Crippen molar-refractivity contribution in [3.05, 3.63) is 71.9 Å². The number of benzene rings is 2. The van der Waals surface area contributed by atoms with E-state index in [1.807, 2.05) is 41.1 Å². The number of hydrogen-bond acceptors (Lipinski definition) is 5. The van der Waals surface area contributed by atoms with Crippen molar-refractivity contribution in [1.29, 1.82) is 10.5 Å². The Morgan fingerprint density at radius 2 is 2.00 bits per heavy atom. The average Bonchev–Trinajstić information content (AvgIpc) is 3.14. The number of nitrogens with one attached hydrogen (secondary N) is 1. The average molecular weight is 412 g/mol.